The Morgan fingerprint density at radius 3 is 2.56 bits per heavy atom. The fourth-order valence-corrected chi connectivity index (χ4v) is 2.87. The van der Waals surface area contributed by atoms with Crippen molar-refractivity contribution in [1.82, 2.24) is 4.57 Å². The zero-order chi connectivity index (χ0) is 20.1. The SMILES string of the molecule is C=C/C(=C\C)C(=O)n1c(C)c(CC(=O)OCC(=O)O)c2cc(OC)ccc21. The lowest BCUT2D eigenvalue weighted by Gasteiger charge is -2.08. The average Bonchev–Trinajstić information content (AvgIpc) is 2.91. The molecule has 0 spiro atoms. The van der Waals surface area contributed by atoms with E-state index in [2.05, 4.69) is 6.58 Å². The van der Waals surface area contributed by atoms with Crippen molar-refractivity contribution in [2.24, 2.45) is 0 Å². The molecule has 0 aliphatic rings. The normalized spacial score (nSPS) is 11.3. The molecule has 0 bridgehead atoms. The van der Waals surface area contributed by atoms with Crippen LogP contribution in [0, 0.1) is 6.92 Å². The predicted molar refractivity (Wildman–Crippen MR) is 100 cm³/mol. The van der Waals surface area contributed by atoms with Gasteiger partial charge in [0.2, 0.25) is 0 Å². The van der Waals surface area contributed by atoms with Crippen molar-refractivity contribution in [3.63, 3.8) is 0 Å². The number of benzene rings is 1. The fraction of sp³-hybridized carbons (Fsp3) is 0.250. The van der Waals surface area contributed by atoms with Crippen LogP contribution in [0.25, 0.3) is 10.9 Å². The number of carbonyl (C=O) groups excluding carboxylic acids is 2. The number of allylic oxidation sites excluding steroid dienone is 3. The second kappa shape index (κ2) is 8.35. The number of rotatable bonds is 7. The summed E-state index contributed by atoms with van der Waals surface area (Å²) in [6.45, 7) is 6.41. The molecular formula is C20H21NO6. The van der Waals surface area contributed by atoms with E-state index in [0.29, 0.717) is 33.5 Å². The van der Waals surface area contributed by atoms with Gasteiger partial charge in [0.05, 0.1) is 19.0 Å². The summed E-state index contributed by atoms with van der Waals surface area (Å²) in [5.41, 5.74) is 2.18. The number of carboxylic acids is 1. The Morgan fingerprint density at radius 2 is 2.00 bits per heavy atom. The van der Waals surface area contributed by atoms with Crippen LogP contribution in [0.15, 0.2) is 42.5 Å². The third-order valence-electron chi connectivity index (χ3n) is 4.20. The molecule has 0 saturated carbocycles. The zero-order valence-corrected chi connectivity index (χ0v) is 15.4. The molecule has 27 heavy (non-hydrogen) atoms. The van der Waals surface area contributed by atoms with E-state index >= 15 is 0 Å². The maximum atomic E-state index is 12.9. The summed E-state index contributed by atoms with van der Waals surface area (Å²) in [6, 6.07) is 5.19. The van der Waals surface area contributed by atoms with Crippen LogP contribution in [0.5, 0.6) is 5.75 Å². The second-order valence-electron chi connectivity index (χ2n) is 5.77. The summed E-state index contributed by atoms with van der Waals surface area (Å²) in [5, 5.41) is 9.32. The van der Waals surface area contributed by atoms with Gasteiger partial charge in [-0.3, -0.25) is 14.2 Å². The van der Waals surface area contributed by atoms with E-state index in [1.165, 1.54) is 17.8 Å². The second-order valence-corrected chi connectivity index (χ2v) is 5.77. The van der Waals surface area contributed by atoms with Crippen molar-refractivity contribution in [1.29, 1.82) is 0 Å². The smallest absolute Gasteiger partial charge is 0.341 e. The van der Waals surface area contributed by atoms with Crippen molar-refractivity contribution in [2.45, 2.75) is 20.3 Å². The first-order valence-electron chi connectivity index (χ1n) is 8.22. The highest BCUT2D eigenvalue weighted by molar-refractivity contribution is 6.06. The Bertz CT molecular complexity index is 951. The molecule has 0 amide bonds. The number of nitrogens with zero attached hydrogens (tertiary/aromatic N) is 1. The molecule has 0 aliphatic carbocycles. The molecule has 0 saturated heterocycles. The summed E-state index contributed by atoms with van der Waals surface area (Å²) < 4.78 is 11.5. The molecule has 0 fully saturated rings. The number of carbonyl (C=O) groups is 3. The van der Waals surface area contributed by atoms with E-state index < -0.39 is 18.5 Å². The van der Waals surface area contributed by atoms with Crippen molar-refractivity contribution < 1.29 is 29.0 Å². The van der Waals surface area contributed by atoms with Gasteiger partial charge in [-0.05, 0) is 37.6 Å². The van der Waals surface area contributed by atoms with Gasteiger partial charge in [-0.15, -0.1) is 0 Å². The van der Waals surface area contributed by atoms with Gasteiger partial charge >= 0.3 is 11.9 Å². The van der Waals surface area contributed by atoms with Crippen LogP contribution < -0.4 is 4.74 Å². The molecule has 142 valence electrons. The first kappa shape index (κ1) is 20.0. The maximum Gasteiger partial charge on any atom is 0.341 e. The van der Waals surface area contributed by atoms with Gasteiger partial charge in [-0.2, -0.15) is 0 Å². The van der Waals surface area contributed by atoms with E-state index in [4.69, 9.17) is 14.6 Å². The molecule has 0 aliphatic heterocycles. The predicted octanol–water partition coefficient (Wildman–Crippen LogP) is 2.90. The summed E-state index contributed by atoms with van der Waals surface area (Å²) in [7, 11) is 1.52. The standard InChI is InChI=1S/C20H21NO6/c1-5-13(6-2)20(25)21-12(3)15(10-19(24)27-11-18(22)23)16-9-14(26-4)7-8-17(16)21/h5-9H,1,10-11H2,2-4H3,(H,22,23)/b13-6+. The molecule has 2 aromatic rings. The molecular weight excluding hydrogens is 350 g/mol. The van der Waals surface area contributed by atoms with Gasteiger partial charge < -0.3 is 14.6 Å². The van der Waals surface area contributed by atoms with Gasteiger partial charge in [0.15, 0.2) is 6.61 Å². The summed E-state index contributed by atoms with van der Waals surface area (Å²) in [5.74, 6) is -1.62. The third kappa shape index (κ3) is 4.08. The lowest BCUT2D eigenvalue weighted by Crippen LogP contribution is -2.16. The number of hydrogen-bond acceptors (Lipinski definition) is 5. The van der Waals surface area contributed by atoms with Gasteiger partial charge in [0.1, 0.15) is 5.75 Å². The van der Waals surface area contributed by atoms with Crippen LogP contribution in [0.1, 0.15) is 23.0 Å². The molecule has 0 atom stereocenters. The van der Waals surface area contributed by atoms with Crippen LogP contribution in [-0.2, 0) is 20.7 Å². The van der Waals surface area contributed by atoms with Crippen LogP contribution in [0.4, 0.5) is 0 Å². The van der Waals surface area contributed by atoms with Gasteiger partial charge in [0.25, 0.3) is 5.91 Å². The average molecular weight is 371 g/mol. The maximum absolute atomic E-state index is 12.9. The Balaban J connectivity index is 2.60. The Labute approximate surface area is 156 Å². The number of methoxy groups -OCH3 is 1. The highest BCUT2D eigenvalue weighted by atomic mass is 16.5. The van der Waals surface area contributed by atoms with Crippen molar-refractivity contribution >= 4 is 28.7 Å². The van der Waals surface area contributed by atoms with Crippen molar-refractivity contribution in [2.75, 3.05) is 13.7 Å². The lowest BCUT2D eigenvalue weighted by molar-refractivity contribution is -0.154. The van der Waals surface area contributed by atoms with E-state index in [1.807, 2.05) is 0 Å². The number of carboxylic acid groups (broad SMARTS) is 1. The Morgan fingerprint density at radius 1 is 1.30 bits per heavy atom. The van der Waals surface area contributed by atoms with Crippen LogP contribution in [-0.4, -0.2) is 41.2 Å². The van der Waals surface area contributed by atoms with Crippen LogP contribution >= 0.6 is 0 Å². The molecule has 0 unspecified atom stereocenters. The number of fused-ring (bicyclic) bond motifs is 1. The van der Waals surface area contributed by atoms with Crippen LogP contribution in [0.3, 0.4) is 0 Å². The minimum absolute atomic E-state index is 0.164. The van der Waals surface area contributed by atoms with E-state index in [0.717, 1.165) is 0 Å². The molecule has 1 heterocycles. The quantitative estimate of drug-likeness (QED) is 0.457. The van der Waals surface area contributed by atoms with E-state index in [-0.39, 0.29) is 12.3 Å². The monoisotopic (exact) mass is 371 g/mol. The zero-order valence-electron chi connectivity index (χ0n) is 15.4. The first-order valence-corrected chi connectivity index (χ1v) is 8.22. The Kier molecular flexibility index (Phi) is 6.18. The number of hydrogen-bond donors (Lipinski definition) is 1. The van der Waals surface area contributed by atoms with Crippen molar-refractivity contribution in [3.8, 4) is 5.75 Å². The molecule has 2 rings (SSSR count). The Hall–Kier alpha value is -3.35. The molecule has 7 nitrogen and oxygen atoms in total. The fourth-order valence-electron chi connectivity index (χ4n) is 2.87. The van der Waals surface area contributed by atoms with Crippen molar-refractivity contribution in [3.05, 3.63) is 53.8 Å². The van der Waals surface area contributed by atoms with Gasteiger partial charge in [-0.1, -0.05) is 18.7 Å². The molecule has 1 N–H and O–H groups in total. The molecule has 7 heteroatoms. The third-order valence-corrected chi connectivity index (χ3v) is 4.20. The first-order chi connectivity index (χ1) is 12.8. The van der Waals surface area contributed by atoms with E-state index in [1.54, 1.807) is 38.1 Å². The van der Waals surface area contributed by atoms with Gasteiger partial charge in [-0.25, -0.2) is 4.79 Å². The summed E-state index contributed by atoms with van der Waals surface area (Å²) in [6.07, 6.45) is 2.96. The highest BCUT2D eigenvalue weighted by Crippen LogP contribution is 2.30. The molecule has 1 aromatic carbocycles. The molecule has 0 radical (unpaired) electrons. The number of aromatic nitrogens is 1. The largest absolute Gasteiger partial charge is 0.497 e. The summed E-state index contributed by atoms with van der Waals surface area (Å²) >= 11 is 0. The topological polar surface area (TPSA) is 94.8 Å². The number of esters is 1. The van der Waals surface area contributed by atoms with Crippen LogP contribution in [0.2, 0.25) is 0 Å². The molecule has 1 aromatic heterocycles. The summed E-state index contributed by atoms with van der Waals surface area (Å²) in [4.78, 5) is 35.6. The lowest BCUT2D eigenvalue weighted by atomic mass is 10.1. The minimum Gasteiger partial charge on any atom is -0.497 e. The van der Waals surface area contributed by atoms with Gasteiger partial charge in [0, 0.05) is 16.7 Å². The number of aliphatic carboxylic acids is 1. The number of ether oxygens (including phenoxy) is 2. The van der Waals surface area contributed by atoms with E-state index in [9.17, 15) is 14.4 Å². The highest BCUT2D eigenvalue weighted by Gasteiger charge is 2.22. The minimum atomic E-state index is -1.23.